The number of sulfonamides is 1. The van der Waals surface area contributed by atoms with Crippen molar-refractivity contribution in [1.82, 2.24) is 4.31 Å². The molecule has 2 heterocycles. The summed E-state index contributed by atoms with van der Waals surface area (Å²) in [4.78, 5) is 14.9. The normalized spacial score (nSPS) is 20.0. The van der Waals surface area contributed by atoms with E-state index in [2.05, 4.69) is 23.1 Å². The number of aryl methyl sites for hydroxylation is 1. The minimum atomic E-state index is -4.01. The molecule has 0 aliphatic carbocycles. The number of methoxy groups -OCH3 is 1. The molecule has 0 radical (unpaired) electrons. The Morgan fingerprint density at radius 1 is 1.04 bits per heavy atom. The summed E-state index contributed by atoms with van der Waals surface area (Å²) in [7, 11) is -2.30. The molecule has 0 amide bonds. The predicted molar refractivity (Wildman–Crippen MR) is 209 cm³/mol. The zero-order valence-corrected chi connectivity index (χ0v) is 33.5. The fourth-order valence-electron chi connectivity index (χ4n) is 7.32. The Balaban J connectivity index is 1.45. The maximum atomic E-state index is 14.4. The van der Waals surface area contributed by atoms with Crippen LogP contribution in [0.4, 0.5) is 5.69 Å². The highest BCUT2D eigenvalue weighted by atomic mass is 32.2. The maximum absolute atomic E-state index is 14.4. The molecule has 296 valence electrons. The minimum Gasteiger partial charge on any atom is -0.490 e. The van der Waals surface area contributed by atoms with Gasteiger partial charge in [0.2, 0.25) is 10.0 Å². The molecule has 1 unspecified atom stereocenters. The molecule has 1 N–H and O–H groups in total. The van der Waals surface area contributed by atoms with Crippen molar-refractivity contribution < 1.29 is 42.0 Å². The van der Waals surface area contributed by atoms with Gasteiger partial charge in [0.1, 0.15) is 12.4 Å². The molecule has 0 aromatic heterocycles. The van der Waals surface area contributed by atoms with Gasteiger partial charge >= 0.3 is 5.97 Å². The first kappa shape index (κ1) is 41.6. The lowest BCUT2D eigenvalue weighted by Crippen LogP contribution is -2.53. The summed E-state index contributed by atoms with van der Waals surface area (Å²) in [6.07, 6.45) is 0.905. The summed E-state index contributed by atoms with van der Waals surface area (Å²) in [6, 6.07) is 20.5. The summed E-state index contributed by atoms with van der Waals surface area (Å²) >= 11 is 0. The van der Waals surface area contributed by atoms with Crippen molar-refractivity contribution in [2.75, 3.05) is 58.1 Å². The van der Waals surface area contributed by atoms with Crippen LogP contribution in [-0.4, -0.2) is 95.2 Å². The van der Waals surface area contributed by atoms with Crippen LogP contribution in [0, 0.1) is 12.3 Å². The first-order valence-corrected chi connectivity index (χ1v) is 20.5. The van der Waals surface area contributed by atoms with Crippen LogP contribution in [0.2, 0.25) is 0 Å². The van der Waals surface area contributed by atoms with Gasteiger partial charge < -0.3 is 33.7 Å². The second-order valence-electron chi connectivity index (χ2n) is 15.1. The summed E-state index contributed by atoms with van der Waals surface area (Å²) in [6.45, 7) is 13.9. The number of aliphatic carboxylic acids is 1. The van der Waals surface area contributed by atoms with Gasteiger partial charge in [-0.1, -0.05) is 48.0 Å². The SMILES string of the molecule is CCOC(C)COCc1ccc([C@H]2C[C@@H](CC(C)(C)C(=O)O)N(S(=O)(=O)c3ccc(C)cc3)C[C@@H]2OCc2ccc3c(c2)N(CCCOC)CCO3)cc1. The fourth-order valence-corrected chi connectivity index (χ4v) is 8.96. The molecular formula is C42H58N2O9S. The number of fused-ring (bicyclic) bond motifs is 1. The van der Waals surface area contributed by atoms with E-state index in [4.69, 9.17) is 23.7 Å². The van der Waals surface area contributed by atoms with Crippen LogP contribution in [0.25, 0.3) is 0 Å². The molecule has 2 aliphatic rings. The molecule has 3 aromatic rings. The standard InChI is InChI=1S/C42H58N2O9S/c1-7-51-31(3)27-50-28-32-11-14-34(15-12-32)37-24-35(25-42(4,5)41(45)46)44(54(47,48)36-16-9-30(2)10-17-36)26-40(37)53-29-33-13-18-39-38(23-33)43(20-22-52-39)19-8-21-49-6/h9-18,23,31,35,37,40H,7-8,19-22,24-29H2,1-6H3,(H,45,46)/t31?,35-,37+,40-/m0/s1. The lowest BCUT2D eigenvalue weighted by molar-refractivity contribution is -0.148. The molecule has 0 bridgehead atoms. The average molecular weight is 767 g/mol. The molecule has 4 atom stereocenters. The molecule has 0 saturated carbocycles. The molecule has 12 heteroatoms. The maximum Gasteiger partial charge on any atom is 0.309 e. The number of carboxylic acid groups (broad SMARTS) is 1. The lowest BCUT2D eigenvalue weighted by Gasteiger charge is -2.45. The van der Waals surface area contributed by atoms with E-state index in [-0.39, 0.29) is 36.5 Å². The van der Waals surface area contributed by atoms with Crippen LogP contribution in [0.3, 0.4) is 0 Å². The van der Waals surface area contributed by atoms with Gasteiger partial charge in [-0.05, 0) is 94.8 Å². The van der Waals surface area contributed by atoms with E-state index in [1.165, 1.54) is 4.31 Å². The highest BCUT2D eigenvalue weighted by molar-refractivity contribution is 7.89. The molecule has 1 saturated heterocycles. The predicted octanol–water partition coefficient (Wildman–Crippen LogP) is 6.81. The Labute approximate surface area is 321 Å². The summed E-state index contributed by atoms with van der Waals surface area (Å²) < 4.78 is 59.9. The van der Waals surface area contributed by atoms with E-state index in [1.54, 1.807) is 45.2 Å². The molecule has 0 spiro atoms. The van der Waals surface area contributed by atoms with Crippen LogP contribution in [0.15, 0.2) is 71.6 Å². The first-order valence-electron chi connectivity index (χ1n) is 19.0. The molecule has 11 nitrogen and oxygen atoms in total. The van der Waals surface area contributed by atoms with Gasteiger partial charge in [0.15, 0.2) is 0 Å². The van der Waals surface area contributed by atoms with Gasteiger partial charge in [-0.2, -0.15) is 4.31 Å². The number of hydrogen-bond acceptors (Lipinski definition) is 9. The number of ether oxygens (including phenoxy) is 5. The monoisotopic (exact) mass is 766 g/mol. The molecule has 54 heavy (non-hydrogen) atoms. The van der Waals surface area contributed by atoms with Crippen LogP contribution in [0.1, 0.15) is 75.1 Å². The number of carboxylic acids is 1. The van der Waals surface area contributed by atoms with E-state index in [9.17, 15) is 18.3 Å². The van der Waals surface area contributed by atoms with Crippen LogP contribution in [-0.2, 0) is 47.0 Å². The van der Waals surface area contributed by atoms with Crippen LogP contribution < -0.4 is 9.64 Å². The quantitative estimate of drug-likeness (QED) is 0.130. The number of benzene rings is 3. The number of rotatable bonds is 19. The Morgan fingerprint density at radius 2 is 1.76 bits per heavy atom. The van der Waals surface area contributed by atoms with Crippen molar-refractivity contribution in [1.29, 1.82) is 0 Å². The van der Waals surface area contributed by atoms with E-state index >= 15 is 0 Å². The van der Waals surface area contributed by atoms with Gasteiger partial charge in [-0.3, -0.25) is 4.79 Å². The zero-order chi connectivity index (χ0) is 38.9. The van der Waals surface area contributed by atoms with Crippen LogP contribution >= 0.6 is 0 Å². The minimum absolute atomic E-state index is 0.00177. The molecule has 3 aromatic carbocycles. The number of anilines is 1. The Morgan fingerprint density at radius 3 is 2.44 bits per heavy atom. The molecule has 5 rings (SSSR count). The van der Waals surface area contributed by atoms with Crippen molar-refractivity contribution >= 4 is 21.7 Å². The number of piperidine rings is 1. The summed E-state index contributed by atoms with van der Waals surface area (Å²) in [5, 5.41) is 10.2. The second kappa shape index (κ2) is 18.9. The summed E-state index contributed by atoms with van der Waals surface area (Å²) in [5.74, 6) is -0.349. The number of hydrogen-bond donors (Lipinski definition) is 1. The average Bonchev–Trinajstić information content (AvgIpc) is 3.14. The van der Waals surface area contributed by atoms with E-state index < -0.39 is 33.6 Å². The van der Waals surface area contributed by atoms with Crippen molar-refractivity contribution in [3.05, 3.63) is 89.0 Å². The van der Waals surface area contributed by atoms with Gasteiger partial charge in [-0.15, -0.1) is 0 Å². The van der Waals surface area contributed by atoms with Crippen molar-refractivity contribution in [3.8, 4) is 5.75 Å². The van der Waals surface area contributed by atoms with Gasteiger partial charge in [0.05, 0.1) is 54.6 Å². The number of nitrogens with zero attached hydrogens (tertiary/aromatic N) is 2. The van der Waals surface area contributed by atoms with E-state index in [1.807, 2.05) is 45.0 Å². The zero-order valence-electron chi connectivity index (χ0n) is 32.7. The fraction of sp³-hybridized carbons (Fsp3) is 0.548. The number of carbonyl (C=O) groups is 1. The van der Waals surface area contributed by atoms with Crippen molar-refractivity contribution in [2.45, 2.75) is 96.2 Å². The van der Waals surface area contributed by atoms with Crippen LogP contribution in [0.5, 0.6) is 5.75 Å². The third kappa shape index (κ3) is 10.6. The Hall–Kier alpha value is -3.52. The first-order chi connectivity index (χ1) is 25.8. The molecule has 1 fully saturated rings. The Kier molecular flexibility index (Phi) is 14.6. The Bertz CT molecular complexity index is 1770. The van der Waals surface area contributed by atoms with E-state index in [0.29, 0.717) is 39.5 Å². The highest BCUT2D eigenvalue weighted by Crippen LogP contribution is 2.41. The third-order valence-electron chi connectivity index (χ3n) is 10.4. The highest BCUT2D eigenvalue weighted by Gasteiger charge is 2.46. The largest absolute Gasteiger partial charge is 0.490 e. The lowest BCUT2D eigenvalue weighted by atomic mass is 9.77. The smallest absolute Gasteiger partial charge is 0.309 e. The third-order valence-corrected chi connectivity index (χ3v) is 12.3. The van der Waals surface area contributed by atoms with Crippen molar-refractivity contribution in [3.63, 3.8) is 0 Å². The summed E-state index contributed by atoms with van der Waals surface area (Å²) in [5.41, 5.74) is 3.75. The van der Waals surface area contributed by atoms with Gasteiger partial charge in [0, 0.05) is 45.4 Å². The topological polar surface area (TPSA) is 124 Å². The van der Waals surface area contributed by atoms with Gasteiger partial charge in [0.25, 0.3) is 0 Å². The van der Waals surface area contributed by atoms with Crippen molar-refractivity contribution in [2.24, 2.45) is 5.41 Å². The molecular weight excluding hydrogens is 709 g/mol. The van der Waals surface area contributed by atoms with Gasteiger partial charge in [-0.25, -0.2) is 8.42 Å². The molecule has 2 aliphatic heterocycles. The second-order valence-corrected chi connectivity index (χ2v) is 17.0. The van der Waals surface area contributed by atoms with E-state index in [0.717, 1.165) is 53.2 Å².